The summed E-state index contributed by atoms with van der Waals surface area (Å²) in [7, 11) is 0. The quantitative estimate of drug-likeness (QED) is 0.609. The molecule has 2 saturated heterocycles. The number of aromatic nitrogens is 3. The van der Waals surface area contributed by atoms with Crippen molar-refractivity contribution in [3.8, 4) is 0 Å². The van der Waals surface area contributed by atoms with Crippen LogP contribution < -0.4 is 15.5 Å². The van der Waals surface area contributed by atoms with Crippen molar-refractivity contribution >= 4 is 28.2 Å². The topological polar surface area (TPSA) is 75.2 Å². The van der Waals surface area contributed by atoms with Gasteiger partial charge in [0.25, 0.3) is 5.92 Å². The summed E-state index contributed by atoms with van der Waals surface area (Å²) in [5.74, 6) is -2.91. The van der Waals surface area contributed by atoms with Gasteiger partial charge in [-0.3, -0.25) is 4.98 Å². The zero-order valence-corrected chi connectivity index (χ0v) is 18.7. The molecule has 0 unspecified atom stereocenters. The minimum absolute atomic E-state index is 0.136. The summed E-state index contributed by atoms with van der Waals surface area (Å²) < 4.78 is 35.1. The van der Waals surface area contributed by atoms with Crippen LogP contribution in [0.3, 0.4) is 0 Å². The third-order valence-corrected chi connectivity index (χ3v) is 6.64. The van der Waals surface area contributed by atoms with Crippen LogP contribution >= 0.6 is 0 Å². The number of alkyl halides is 2. The molecule has 1 aromatic carbocycles. The van der Waals surface area contributed by atoms with E-state index in [0.29, 0.717) is 37.6 Å². The van der Waals surface area contributed by atoms with E-state index in [1.165, 1.54) is 0 Å². The van der Waals surface area contributed by atoms with Crippen molar-refractivity contribution in [2.45, 2.75) is 25.7 Å². The summed E-state index contributed by atoms with van der Waals surface area (Å²) in [6, 6.07) is 5.83. The van der Waals surface area contributed by atoms with Crippen LogP contribution in [0, 0.1) is 12.8 Å². The third kappa shape index (κ3) is 4.47. The maximum absolute atomic E-state index is 14.8. The summed E-state index contributed by atoms with van der Waals surface area (Å²) in [5.41, 5.74) is 5.10. The van der Waals surface area contributed by atoms with Gasteiger partial charge in [-0.15, -0.1) is 0 Å². The number of anilines is 3. The van der Waals surface area contributed by atoms with E-state index in [9.17, 15) is 8.78 Å². The lowest BCUT2D eigenvalue weighted by Crippen LogP contribution is -2.45. The number of fused-ring (bicyclic) bond motifs is 1. The number of rotatable bonds is 5. The largest absolute Gasteiger partial charge is 0.378 e. The molecule has 9 heteroatoms. The van der Waals surface area contributed by atoms with Gasteiger partial charge in [-0.2, -0.15) is 0 Å². The molecular formula is C24H28F2N6O. The Bertz CT molecular complexity index is 1130. The maximum Gasteiger partial charge on any atom is 0.253 e. The first-order valence-electron chi connectivity index (χ1n) is 11.4. The number of hydrogen-bond donors (Lipinski definition) is 2. The second-order valence-electron chi connectivity index (χ2n) is 8.66. The average Bonchev–Trinajstić information content (AvgIpc) is 2.83. The van der Waals surface area contributed by atoms with Gasteiger partial charge in [0.05, 0.1) is 18.7 Å². The number of hydrogen-bond acceptors (Lipinski definition) is 7. The van der Waals surface area contributed by atoms with Crippen molar-refractivity contribution in [3.05, 3.63) is 47.9 Å². The van der Waals surface area contributed by atoms with Crippen LogP contribution in [0.25, 0.3) is 11.0 Å². The maximum atomic E-state index is 14.8. The molecule has 5 rings (SSSR count). The van der Waals surface area contributed by atoms with Crippen molar-refractivity contribution in [3.63, 3.8) is 0 Å². The Morgan fingerprint density at radius 3 is 2.76 bits per heavy atom. The molecule has 0 saturated carbocycles. The summed E-state index contributed by atoms with van der Waals surface area (Å²) in [4.78, 5) is 15.5. The number of nitrogens with zero attached hydrogens (tertiary/aromatic N) is 4. The number of benzene rings is 1. The van der Waals surface area contributed by atoms with Crippen molar-refractivity contribution in [2.75, 3.05) is 49.6 Å². The van der Waals surface area contributed by atoms with Gasteiger partial charge in [-0.1, -0.05) is 0 Å². The molecule has 4 heterocycles. The zero-order valence-electron chi connectivity index (χ0n) is 18.7. The van der Waals surface area contributed by atoms with Crippen molar-refractivity contribution in [1.29, 1.82) is 0 Å². The van der Waals surface area contributed by atoms with Crippen LogP contribution in [-0.2, 0) is 11.2 Å². The average molecular weight is 455 g/mol. The van der Waals surface area contributed by atoms with Crippen molar-refractivity contribution < 1.29 is 13.5 Å². The fourth-order valence-corrected chi connectivity index (χ4v) is 4.74. The first-order valence-corrected chi connectivity index (χ1v) is 11.4. The third-order valence-electron chi connectivity index (χ3n) is 6.64. The van der Waals surface area contributed by atoms with Crippen LogP contribution in [0.2, 0.25) is 0 Å². The van der Waals surface area contributed by atoms with Crippen molar-refractivity contribution in [2.24, 2.45) is 5.92 Å². The van der Waals surface area contributed by atoms with Crippen LogP contribution in [0.1, 0.15) is 17.5 Å². The van der Waals surface area contributed by atoms with E-state index in [4.69, 9.17) is 4.74 Å². The van der Waals surface area contributed by atoms with E-state index in [1.807, 2.05) is 13.0 Å². The van der Waals surface area contributed by atoms with E-state index in [0.717, 1.165) is 41.1 Å². The number of pyridine rings is 1. The number of halogens is 2. The molecule has 1 atom stereocenters. The second kappa shape index (κ2) is 9.15. The molecule has 174 valence electrons. The molecule has 0 radical (unpaired) electrons. The van der Waals surface area contributed by atoms with Gasteiger partial charge in [0.15, 0.2) is 5.82 Å². The lowest BCUT2D eigenvalue weighted by atomic mass is 9.86. The van der Waals surface area contributed by atoms with Crippen LogP contribution in [0.4, 0.5) is 26.0 Å². The molecule has 0 amide bonds. The number of nitrogens with one attached hydrogen (secondary N) is 2. The second-order valence-corrected chi connectivity index (χ2v) is 8.66. The van der Waals surface area contributed by atoms with Gasteiger partial charge in [0, 0.05) is 68.5 Å². The lowest BCUT2D eigenvalue weighted by molar-refractivity contribution is -0.0776. The molecule has 2 N–H and O–H groups in total. The van der Waals surface area contributed by atoms with Gasteiger partial charge in [0.2, 0.25) is 0 Å². The molecular weight excluding hydrogens is 426 g/mol. The lowest BCUT2D eigenvalue weighted by Gasteiger charge is -2.34. The van der Waals surface area contributed by atoms with Crippen LogP contribution in [0.5, 0.6) is 0 Å². The fraction of sp³-hybridized carbons (Fsp3) is 0.458. The standard InChI is InChI=1S/C24H28F2N6O/c1-16-18(14-17-15-27-7-5-24(17,25)26)19(2-3-21(16)32-10-12-33-13-11-32)31-23-22-20(4-6-30-23)28-8-9-29-22/h2-4,6,8-9,17,27H,5,7,10-15H2,1H3,(H,30,31)/t17-/m0/s1. The SMILES string of the molecule is Cc1c(N2CCOCC2)ccc(Nc2nccc3nccnc23)c1C[C@H]1CNCCC1(F)F. The number of piperidine rings is 1. The van der Waals surface area contributed by atoms with Gasteiger partial charge in [-0.25, -0.2) is 18.7 Å². The molecule has 2 fully saturated rings. The predicted molar refractivity (Wildman–Crippen MR) is 124 cm³/mol. The first kappa shape index (κ1) is 21.9. The highest BCUT2D eigenvalue weighted by Gasteiger charge is 2.41. The fourth-order valence-electron chi connectivity index (χ4n) is 4.74. The van der Waals surface area contributed by atoms with Gasteiger partial charge >= 0.3 is 0 Å². The number of morpholine rings is 1. The molecule has 7 nitrogen and oxygen atoms in total. The van der Waals surface area contributed by atoms with Gasteiger partial charge in [-0.05, 0) is 42.7 Å². The molecule has 2 aliphatic rings. The Morgan fingerprint density at radius 2 is 1.94 bits per heavy atom. The Kier molecular flexibility index (Phi) is 6.07. The minimum Gasteiger partial charge on any atom is -0.378 e. The van der Waals surface area contributed by atoms with Crippen LogP contribution in [-0.4, -0.2) is 60.3 Å². The molecule has 0 spiro atoms. The Morgan fingerprint density at radius 1 is 1.12 bits per heavy atom. The Hall–Kier alpha value is -2.91. The van der Waals surface area contributed by atoms with E-state index < -0.39 is 11.8 Å². The van der Waals surface area contributed by atoms with E-state index in [-0.39, 0.29) is 12.8 Å². The van der Waals surface area contributed by atoms with Gasteiger partial charge < -0.3 is 20.3 Å². The first-order chi connectivity index (χ1) is 16.0. The van der Waals surface area contributed by atoms with Crippen LogP contribution in [0.15, 0.2) is 36.8 Å². The number of ether oxygens (including phenoxy) is 1. The summed E-state index contributed by atoms with van der Waals surface area (Å²) in [6.07, 6.45) is 5.06. The molecule has 33 heavy (non-hydrogen) atoms. The van der Waals surface area contributed by atoms with Gasteiger partial charge in [0.1, 0.15) is 5.52 Å². The monoisotopic (exact) mass is 454 g/mol. The van der Waals surface area contributed by atoms with E-state index in [2.05, 4.69) is 36.6 Å². The van der Waals surface area contributed by atoms with E-state index in [1.54, 1.807) is 24.7 Å². The normalized spacial score (nSPS) is 20.7. The molecule has 2 aliphatic heterocycles. The Labute approximate surface area is 191 Å². The molecule has 2 aromatic heterocycles. The summed E-state index contributed by atoms with van der Waals surface area (Å²) in [6.45, 7) is 5.57. The smallest absolute Gasteiger partial charge is 0.253 e. The molecule has 3 aromatic rings. The summed E-state index contributed by atoms with van der Waals surface area (Å²) >= 11 is 0. The zero-order chi connectivity index (χ0) is 22.8. The predicted octanol–water partition coefficient (Wildman–Crippen LogP) is 3.70. The highest BCUT2D eigenvalue weighted by atomic mass is 19.3. The highest BCUT2D eigenvalue weighted by Crippen LogP contribution is 2.38. The highest BCUT2D eigenvalue weighted by molar-refractivity contribution is 5.87. The Balaban J connectivity index is 1.55. The van der Waals surface area contributed by atoms with Crippen molar-refractivity contribution in [1.82, 2.24) is 20.3 Å². The molecule has 0 aliphatic carbocycles. The summed E-state index contributed by atoms with van der Waals surface area (Å²) in [5, 5.41) is 6.52. The molecule has 0 bridgehead atoms. The minimum atomic E-state index is -2.70. The van der Waals surface area contributed by atoms with E-state index >= 15 is 0 Å².